The molecule has 0 unspecified atom stereocenters. The normalized spacial score (nSPS) is 11.6. The summed E-state index contributed by atoms with van der Waals surface area (Å²) in [6, 6.07) is 10.2. The van der Waals surface area contributed by atoms with Gasteiger partial charge < -0.3 is 9.73 Å². The summed E-state index contributed by atoms with van der Waals surface area (Å²) in [5.74, 6) is 0.831. The van der Waals surface area contributed by atoms with E-state index in [4.69, 9.17) is 9.56 Å². The average molecular weight is 266 g/mol. The number of rotatable bonds is 5. The minimum Gasteiger partial charge on any atom is -0.468 e. The number of primary sulfonamides is 1. The summed E-state index contributed by atoms with van der Waals surface area (Å²) >= 11 is 0. The highest BCUT2D eigenvalue weighted by molar-refractivity contribution is 7.89. The van der Waals surface area contributed by atoms with E-state index in [1.54, 1.807) is 18.4 Å². The quantitative estimate of drug-likeness (QED) is 0.852. The Hall–Kier alpha value is -1.63. The van der Waals surface area contributed by atoms with E-state index in [2.05, 4.69) is 5.32 Å². The highest BCUT2D eigenvalue weighted by Crippen LogP contribution is 2.09. The first kappa shape index (κ1) is 12.8. The van der Waals surface area contributed by atoms with E-state index in [0.717, 1.165) is 11.3 Å². The van der Waals surface area contributed by atoms with Crippen LogP contribution in [0.15, 0.2) is 52.0 Å². The van der Waals surface area contributed by atoms with Gasteiger partial charge in [0.25, 0.3) is 0 Å². The van der Waals surface area contributed by atoms with Crippen molar-refractivity contribution in [2.45, 2.75) is 18.0 Å². The second kappa shape index (κ2) is 5.34. The minimum absolute atomic E-state index is 0.125. The molecule has 1 aromatic carbocycles. The van der Waals surface area contributed by atoms with Gasteiger partial charge in [0.05, 0.1) is 17.7 Å². The van der Waals surface area contributed by atoms with Crippen LogP contribution in [0.25, 0.3) is 0 Å². The zero-order chi connectivity index (χ0) is 13.0. The number of nitrogens with one attached hydrogen (secondary N) is 1. The van der Waals surface area contributed by atoms with Crippen molar-refractivity contribution in [3.63, 3.8) is 0 Å². The van der Waals surface area contributed by atoms with E-state index in [1.165, 1.54) is 6.07 Å². The van der Waals surface area contributed by atoms with Gasteiger partial charge in [0.15, 0.2) is 0 Å². The maximum atomic E-state index is 11.2. The van der Waals surface area contributed by atoms with E-state index < -0.39 is 10.0 Å². The largest absolute Gasteiger partial charge is 0.468 e. The van der Waals surface area contributed by atoms with Crippen molar-refractivity contribution in [2.75, 3.05) is 0 Å². The first-order valence-electron chi connectivity index (χ1n) is 5.40. The molecule has 0 spiro atoms. The van der Waals surface area contributed by atoms with Gasteiger partial charge in [-0.15, -0.1) is 0 Å². The standard InChI is InChI=1S/C12H14N2O3S/c13-18(15,16)12-5-1-3-10(7-12)8-14-9-11-4-2-6-17-11/h1-7,14H,8-9H2,(H2,13,15,16). The Morgan fingerprint density at radius 2 is 2.00 bits per heavy atom. The average Bonchev–Trinajstić information content (AvgIpc) is 2.81. The fourth-order valence-electron chi connectivity index (χ4n) is 1.58. The highest BCUT2D eigenvalue weighted by Gasteiger charge is 2.07. The van der Waals surface area contributed by atoms with Crippen LogP contribution in [0.4, 0.5) is 0 Å². The van der Waals surface area contributed by atoms with Crippen molar-refractivity contribution in [1.82, 2.24) is 5.32 Å². The molecule has 0 aliphatic rings. The van der Waals surface area contributed by atoms with Crippen LogP contribution >= 0.6 is 0 Å². The van der Waals surface area contributed by atoms with Crippen LogP contribution in [0, 0.1) is 0 Å². The molecule has 0 aliphatic carbocycles. The molecule has 0 bridgehead atoms. The van der Waals surface area contributed by atoms with Gasteiger partial charge in [0.1, 0.15) is 5.76 Å². The predicted octanol–water partition coefficient (Wildman–Crippen LogP) is 1.22. The van der Waals surface area contributed by atoms with E-state index in [1.807, 2.05) is 18.2 Å². The monoisotopic (exact) mass is 266 g/mol. The van der Waals surface area contributed by atoms with Crippen LogP contribution in [-0.2, 0) is 23.1 Å². The molecule has 0 radical (unpaired) electrons. The number of benzene rings is 1. The number of sulfonamides is 1. The first-order chi connectivity index (χ1) is 8.55. The summed E-state index contributed by atoms with van der Waals surface area (Å²) in [6.45, 7) is 1.14. The van der Waals surface area contributed by atoms with Crippen molar-refractivity contribution in [2.24, 2.45) is 5.14 Å². The van der Waals surface area contributed by atoms with E-state index in [0.29, 0.717) is 13.1 Å². The lowest BCUT2D eigenvalue weighted by Crippen LogP contribution is -2.15. The van der Waals surface area contributed by atoms with Crippen LogP contribution < -0.4 is 10.5 Å². The van der Waals surface area contributed by atoms with Crippen molar-refractivity contribution >= 4 is 10.0 Å². The molecule has 18 heavy (non-hydrogen) atoms. The third kappa shape index (κ3) is 3.43. The number of hydrogen-bond acceptors (Lipinski definition) is 4. The molecule has 2 rings (SSSR count). The van der Waals surface area contributed by atoms with Crippen LogP contribution in [0.3, 0.4) is 0 Å². The van der Waals surface area contributed by atoms with Crippen molar-refractivity contribution in [3.8, 4) is 0 Å². The van der Waals surface area contributed by atoms with Gasteiger partial charge in [0, 0.05) is 6.54 Å². The Kier molecular flexibility index (Phi) is 3.81. The molecule has 5 nitrogen and oxygen atoms in total. The third-order valence-electron chi connectivity index (χ3n) is 2.44. The number of hydrogen-bond donors (Lipinski definition) is 2. The molecule has 0 atom stereocenters. The summed E-state index contributed by atoms with van der Waals surface area (Å²) in [4.78, 5) is 0.125. The molecule has 2 aromatic rings. The molecule has 6 heteroatoms. The van der Waals surface area contributed by atoms with Gasteiger partial charge in [-0.3, -0.25) is 0 Å². The Labute approximate surface area is 106 Å². The molecular formula is C12H14N2O3S. The maximum absolute atomic E-state index is 11.2. The Morgan fingerprint density at radius 3 is 2.67 bits per heavy atom. The van der Waals surface area contributed by atoms with Crippen LogP contribution in [0.5, 0.6) is 0 Å². The smallest absolute Gasteiger partial charge is 0.238 e. The van der Waals surface area contributed by atoms with Gasteiger partial charge in [-0.2, -0.15) is 0 Å². The molecule has 3 N–H and O–H groups in total. The molecule has 0 amide bonds. The third-order valence-corrected chi connectivity index (χ3v) is 3.35. The van der Waals surface area contributed by atoms with Crippen LogP contribution in [0.1, 0.15) is 11.3 Å². The predicted molar refractivity (Wildman–Crippen MR) is 67.1 cm³/mol. The molecule has 0 fully saturated rings. The Balaban J connectivity index is 1.98. The minimum atomic E-state index is -3.64. The summed E-state index contributed by atoms with van der Waals surface area (Å²) in [5, 5.41) is 8.22. The zero-order valence-corrected chi connectivity index (χ0v) is 10.5. The molecule has 0 aliphatic heterocycles. The van der Waals surface area contributed by atoms with Crippen LogP contribution in [0.2, 0.25) is 0 Å². The molecular weight excluding hydrogens is 252 g/mol. The highest BCUT2D eigenvalue weighted by atomic mass is 32.2. The van der Waals surface area contributed by atoms with Crippen molar-refractivity contribution < 1.29 is 12.8 Å². The lowest BCUT2D eigenvalue weighted by molar-refractivity contribution is 0.483. The fraction of sp³-hybridized carbons (Fsp3) is 0.167. The van der Waals surface area contributed by atoms with Gasteiger partial charge in [-0.25, -0.2) is 13.6 Å². The Bertz CT molecular complexity index is 606. The molecule has 96 valence electrons. The summed E-state index contributed by atoms with van der Waals surface area (Å²) in [7, 11) is -3.64. The summed E-state index contributed by atoms with van der Waals surface area (Å²) < 4.78 is 27.5. The molecule has 1 heterocycles. The number of nitrogens with two attached hydrogens (primary N) is 1. The van der Waals surface area contributed by atoms with E-state index in [-0.39, 0.29) is 4.90 Å². The van der Waals surface area contributed by atoms with Crippen LogP contribution in [-0.4, -0.2) is 8.42 Å². The summed E-state index contributed by atoms with van der Waals surface area (Å²) in [6.07, 6.45) is 1.61. The summed E-state index contributed by atoms with van der Waals surface area (Å²) in [5.41, 5.74) is 0.855. The second-order valence-electron chi connectivity index (χ2n) is 3.88. The van der Waals surface area contributed by atoms with Crippen molar-refractivity contribution in [1.29, 1.82) is 0 Å². The SMILES string of the molecule is NS(=O)(=O)c1cccc(CNCc2ccco2)c1. The van der Waals surface area contributed by atoms with Crippen molar-refractivity contribution in [3.05, 3.63) is 54.0 Å². The Morgan fingerprint density at radius 1 is 1.17 bits per heavy atom. The number of furan rings is 1. The fourth-order valence-corrected chi connectivity index (χ4v) is 2.16. The maximum Gasteiger partial charge on any atom is 0.238 e. The first-order valence-corrected chi connectivity index (χ1v) is 6.95. The van der Waals surface area contributed by atoms with Gasteiger partial charge in [0.2, 0.25) is 10.0 Å². The van der Waals surface area contributed by atoms with E-state index >= 15 is 0 Å². The molecule has 0 saturated carbocycles. The second-order valence-corrected chi connectivity index (χ2v) is 5.44. The van der Waals surface area contributed by atoms with Gasteiger partial charge in [-0.1, -0.05) is 12.1 Å². The van der Waals surface area contributed by atoms with Gasteiger partial charge >= 0.3 is 0 Å². The molecule has 1 aromatic heterocycles. The lowest BCUT2D eigenvalue weighted by atomic mass is 10.2. The van der Waals surface area contributed by atoms with Gasteiger partial charge in [-0.05, 0) is 29.8 Å². The lowest BCUT2D eigenvalue weighted by Gasteiger charge is -2.05. The van der Waals surface area contributed by atoms with E-state index in [9.17, 15) is 8.42 Å². The zero-order valence-electron chi connectivity index (χ0n) is 9.67. The molecule has 0 saturated heterocycles. The topological polar surface area (TPSA) is 85.3 Å².